The summed E-state index contributed by atoms with van der Waals surface area (Å²) in [5.74, 6) is -0.182. The maximum atomic E-state index is 11.0. The van der Waals surface area contributed by atoms with Crippen molar-refractivity contribution in [2.45, 2.75) is 0 Å². The van der Waals surface area contributed by atoms with Crippen LogP contribution in [0.3, 0.4) is 0 Å². The Morgan fingerprint density at radius 2 is 2.24 bits per heavy atom. The van der Waals surface area contributed by atoms with Crippen molar-refractivity contribution in [2.24, 2.45) is 4.99 Å². The molecule has 0 fully saturated rings. The zero-order valence-corrected chi connectivity index (χ0v) is 8.64. The third kappa shape index (κ3) is 1.55. The monoisotopic (exact) mass is 228 g/mol. The molecule has 0 aliphatic carbocycles. The molecule has 0 saturated heterocycles. The van der Waals surface area contributed by atoms with Crippen LogP contribution in [0.5, 0.6) is 5.88 Å². The number of fused-ring (bicyclic) bond motifs is 1. The molecule has 0 aromatic carbocycles. The lowest BCUT2D eigenvalue weighted by Gasteiger charge is -1.97. The number of aromatic hydroxyl groups is 1. The molecule has 0 spiro atoms. The van der Waals surface area contributed by atoms with Gasteiger partial charge in [-0.3, -0.25) is 15.0 Å². The van der Waals surface area contributed by atoms with E-state index in [1.165, 1.54) is 0 Å². The molecule has 17 heavy (non-hydrogen) atoms. The lowest BCUT2D eigenvalue weighted by molar-refractivity contribution is 0.454. The molecule has 2 aromatic rings. The van der Waals surface area contributed by atoms with Gasteiger partial charge < -0.3 is 10.1 Å². The Bertz CT molecular complexity index is 693. The Morgan fingerprint density at radius 3 is 3.00 bits per heavy atom. The molecule has 0 bridgehead atoms. The minimum absolute atomic E-state index is 0.182. The predicted molar refractivity (Wildman–Crippen MR) is 63.3 cm³/mol. The highest BCUT2D eigenvalue weighted by atomic mass is 16.3. The molecule has 3 N–H and O–H groups in total. The highest BCUT2D eigenvalue weighted by molar-refractivity contribution is 6.21. The summed E-state index contributed by atoms with van der Waals surface area (Å²) in [5.41, 5.74) is 2.39. The molecule has 1 aliphatic rings. The number of rotatable bonds is 1. The second-order valence-corrected chi connectivity index (χ2v) is 3.59. The van der Waals surface area contributed by atoms with Crippen LogP contribution in [0.25, 0.3) is 11.6 Å². The number of nitrogens with one attached hydrogen (secondary N) is 2. The number of aromatic nitrogens is 3. The SMILES string of the molecule is O=c1[nH]c(O)c(C=C2C=Nc3cnccc32)[nH]1. The molecule has 84 valence electrons. The van der Waals surface area contributed by atoms with E-state index in [4.69, 9.17) is 0 Å². The topological polar surface area (TPSA) is 94.1 Å². The van der Waals surface area contributed by atoms with E-state index in [1.807, 2.05) is 6.07 Å². The summed E-state index contributed by atoms with van der Waals surface area (Å²) in [6.07, 6.45) is 6.65. The van der Waals surface area contributed by atoms with E-state index in [0.717, 1.165) is 16.8 Å². The quantitative estimate of drug-likeness (QED) is 0.681. The Hall–Kier alpha value is -2.63. The van der Waals surface area contributed by atoms with E-state index < -0.39 is 5.69 Å². The molecule has 0 unspecified atom stereocenters. The van der Waals surface area contributed by atoms with Gasteiger partial charge >= 0.3 is 5.69 Å². The van der Waals surface area contributed by atoms with E-state index in [0.29, 0.717) is 5.69 Å². The highest BCUT2D eigenvalue weighted by Crippen LogP contribution is 2.31. The summed E-state index contributed by atoms with van der Waals surface area (Å²) in [6, 6.07) is 1.83. The van der Waals surface area contributed by atoms with Crippen LogP contribution in [0, 0.1) is 0 Å². The first-order chi connectivity index (χ1) is 8.24. The number of nitrogens with zero attached hydrogens (tertiary/aromatic N) is 2. The zero-order valence-electron chi connectivity index (χ0n) is 8.64. The highest BCUT2D eigenvalue weighted by Gasteiger charge is 2.13. The molecule has 6 heteroatoms. The Morgan fingerprint density at radius 1 is 1.35 bits per heavy atom. The maximum absolute atomic E-state index is 11.0. The molecule has 0 saturated carbocycles. The third-order valence-electron chi connectivity index (χ3n) is 2.49. The van der Waals surface area contributed by atoms with E-state index in [9.17, 15) is 9.90 Å². The van der Waals surface area contributed by atoms with Gasteiger partial charge in [-0.05, 0) is 12.1 Å². The van der Waals surface area contributed by atoms with Crippen LogP contribution < -0.4 is 5.69 Å². The summed E-state index contributed by atoms with van der Waals surface area (Å²) in [7, 11) is 0. The van der Waals surface area contributed by atoms with Crippen molar-refractivity contribution in [1.82, 2.24) is 15.0 Å². The normalized spacial score (nSPS) is 15.4. The molecular weight excluding hydrogens is 220 g/mol. The minimum atomic E-state index is -0.445. The van der Waals surface area contributed by atoms with Crippen molar-refractivity contribution in [3.05, 3.63) is 40.2 Å². The van der Waals surface area contributed by atoms with Crippen molar-refractivity contribution in [1.29, 1.82) is 0 Å². The lowest BCUT2D eigenvalue weighted by Crippen LogP contribution is -2.00. The van der Waals surface area contributed by atoms with Crippen LogP contribution in [0.2, 0.25) is 0 Å². The van der Waals surface area contributed by atoms with Gasteiger partial charge in [0.25, 0.3) is 0 Å². The van der Waals surface area contributed by atoms with Gasteiger partial charge in [0, 0.05) is 23.5 Å². The first kappa shape index (κ1) is 9.59. The standard InChI is InChI=1S/C11H8N4O2/c16-10-8(14-11(17)15-10)3-6-4-13-9-5-12-2-1-7(6)9/h1-5,16H,(H2,14,15,17). The van der Waals surface area contributed by atoms with Gasteiger partial charge in [0.2, 0.25) is 5.88 Å². The molecule has 0 radical (unpaired) electrons. The first-order valence-corrected chi connectivity index (χ1v) is 4.95. The number of hydrogen-bond acceptors (Lipinski definition) is 4. The fourth-order valence-electron chi connectivity index (χ4n) is 1.70. The Kier molecular flexibility index (Phi) is 1.94. The van der Waals surface area contributed by atoms with Crippen LogP contribution in [0.15, 0.2) is 28.2 Å². The fourth-order valence-corrected chi connectivity index (χ4v) is 1.70. The van der Waals surface area contributed by atoms with Gasteiger partial charge in [-0.1, -0.05) is 0 Å². The fraction of sp³-hybridized carbons (Fsp3) is 0. The summed E-state index contributed by atoms with van der Waals surface area (Å²) >= 11 is 0. The average Bonchev–Trinajstić information content (AvgIpc) is 2.85. The molecule has 0 amide bonds. The maximum Gasteiger partial charge on any atom is 0.326 e. The summed E-state index contributed by atoms with van der Waals surface area (Å²) < 4.78 is 0. The first-order valence-electron chi connectivity index (χ1n) is 4.95. The zero-order chi connectivity index (χ0) is 11.8. The number of allylic oxidation sites excluding steroid dienone is 1. The molecule has 3 heterocycles. The molecule has 1 aliphatic heterocycles. The van der Waals surface area contributed by atoms with E-state index in [2.05, 4.69) is 19.9 Å². The van der Waals surface area contributed by atoms with E-state index >= 15 is 0 Å². The number of aromatic amines is 2. The van der Waals surface area contributed by atoms with Gasteiger partial charge in [-0.2, -0.15) is 0 Å². The van der Waals surface area contributed by atoms with Crippen molar-refractivity contribution < 1.29 is 5.11 Å². The predicted octanol–water partition coefficient (Wildman–Crippen LogP) is 1.06. The van der Waals surface area contributed by atoms with Crippen LogP contribution in [-0.4, -0.2) is 26.3 Å². The van der Waals surface area contributed by atoms with Crippen molar-refractivity contribution in [3.63, 3.8) is 0 Å². The second kappa shape index (κ2) is 3.44. The Balaban J connectivity index is 2.11. The molecule has 0 atom stereocenters. The number of imidazole rings is 1. The number of H-pyrrole nitrogens is 2. The van der Waals surface area contributed by atoms with Gasteiger partial charge in [0.15, 0.2) is 0 Å². The van der Waals surface area contributed by atoms with Gasteiger partial charge in [0.1, 0.15) is 5.69 Å². The minimum Gasteiger partial charge on any atom is -0.493 e. The molecule has 2 aromatic heterocycles. The van der Waals surface area contributed by atoms with Gasteiger partial charge in [-0.25, -0.2) is 4.79 Å². The van der Waals surface area contributed by atoms with Crippen LogP contribution in [-0.2, 0) is 0 Å². The van der Waals surface area contributed by atoms with E-state index in [1.54, 1.807) is 24.7 Å². The lowest BCUT2D eigenvalue weighted by atomic mass is 10.1. The van der Waals surface area contributed by atoms with Crippen molar-refractivity contribution in [2.75, 3.05) is 0 Å². The van der Waals surface area contributed by atoms with Crippen molar-refractivity contribution >= 4 is 23.6 Å². The number of pyridine rings is 1. The van der Waals surface area contributed by atoms with Crippen molar-refractivity contribution in [3.8, 4) is 5.88 Å². The molecule has 6 nitrogen and oxygen atoms in total. The number of hydrogen-bond donors (Lipinski definition) is 3. The van der Waals surface area contributed by atoms with Crippen LogP contribution in [0.4, 0.5) is 5.69 Å². The average molecular weight is 228 g/mol. The smallest absolute Gasteiger partial charge is 0.326 e. The summed E-state index contributed by atoms with van der Waals surface area (Å²) in [6.45, 7) is 0. The van der Waals surface area contributed by atoms with Gasteiger partial charge in [-0.15, -0.1) is 0 Å². The third-order valence-corrected chi connectivity index (χ3v) is 2.49. The van der Waals surface area contributed by atoms with Crippen LogP contribution in [0.1, 0.15) is 11.3 Å². The van der Waals surface area contributed by atoms with Crippen LogP contribution >= 0.6 is 0 Å². The van der Waals surface area contributed by atoms with E-state index in [-0.39, 0.29) is 5.88 Å². The largest absolute Gasteiger partial charge is 0.493 e. The van der Waals surface area contributed by atoms with Gasteiger partial charge in [0.05, 0.1) is 11.9 Å². The summed E-state index contributed by atoms with van der Waals surface area (Å²) in [5, 5.41) is 9.45. The summed E-state index contributed by atoms with van der Waals surface area (Å²) in [4.78, 5) is 23.9. The molecular formula is C11H8N4O2. The second-order valence-electron chi connectivity index (χ2n) is 3.59. The number of aliphatic imine (C=N–C) groups is 1. The molecule has 3 rings (SSSR count). The Labute approximate surface area is 95.4 Å².